The van der Waals surface area contributed by atoms with Gasteiger partial charge in [-0.1, -0.05) is 35.0 Å². The van der Waals surface area contributed by atoms with E-state index in [0.29, 0.717) is 16.5 Å². The number of amides is 1. The molecule has 0 bridgehead atoms. The van der Waals surface area contributed by atoms with E-state index in [4.69, 9.17) is 0 Å². The van der Waals surface area contributed by atoms with Crippen molar-refractivity contribution in [1.82, 2.24) is 5.27 Å². The summed E-state index contributed by atoms with van der Waals surface area (Å²) in [5, 5.41) is 15.3. The smallest absolute Gasteiger partial charge is 0.311 e. The molecule has 27 heavy (non-hydrogen) atoms. The lowest BCUT2D eigenvalue weighted by Gasteiger charge is -2.22. The zero-order valence-electron chi connectivity index (χ0n) is 14.4. The van der Waals surface area contributed by atoms with Crippen LogP contribution in [0.4, 0.5) is 5.00 Å². The average molecular weight is 381 g/mol. The summed E-state index contributed by atoms with van der Waals surface area (Å²) in [6.45, 7) is -0.0915. The molecular formula is C19H17N4O3S+. The first kappa shape index (κ1) is 17.2. The Balaban J connectivity index is 1.53. The van der Waals surface area contributed by atoms with Crippen LogP contribution in [0.5, 0.6) is 0 Å². The lowest BCUT2D eigenvalue weighted by Crippen LogP contribution is -2.41. The van der Waals surface area contributed by atoms with Crippen LogP contribution in [0, 0.1) is 11.3 Å². The Bertz CT molecular complexity index is 1070. The number of benzene rings is 1. The van der Waals surface area contributed by atoms with Crippen LogP contribution < -0.4 is 15.6 Å². The number of aromatic nitrogens is 2. The van der Waals surface area contributed by atoms with Gasteiger partial charge in [0.25, 0.3) is 18.6 Å². The number of nitriles is 1. The van der Waals surface area contributed by atoms with E-state index in [0.717, 1.165) is 35.9 Å². The molecule has 0 radical (unpaired) electrons. The number of hydrogen-bond donors (Lipinski definition) is 2. The number of carbonyl (C=O) groups is 1. The number of H-pyrrole nitrogens is 1. The van der Waals surface area contributed by atoms with Gasteiger partial charge in [-0.2, -0.15) is 5.26 Å². The highest BCUT2D eigenvalue weighted by Crippen LogP contribution is 2.42. The highest BCUT2D eigenvalue weighted by molar-refractivity contribution is 7.16. The number of thiophene rings is 1. The first-order valence-corrected chi connectivity index (χ1v) is 9.43. The summed E-state index contributed by atoms with van der Waals surface area (Å²) >= 11 is 1.47. The minimum Gasteiger partial charge on any atom is -0.311 e. The van der Waals surface area contributed by atoms with E-state index in [-0.39, 0.29) is 12.5 Å². The Morgan fingerprint density at radius 3 is 2.93 bits per heavy atom. The second kappa shape index (κ2) is 7.21. The van der Waals surface area contributed by atoms with E-state index in [1.165, 1.54) is 21.6 Å². The molecule has 1 aromatic carbocycles. The number of carbonyl (C=O) groups excluding carboxylic acids is 1. The molecule has 2 N–H and O–H groups in total. The number of anilines is 1. The highest BCUT2D eigenvalue weighted by Gasteiger charge is 2.27. The molecule has 4 rings (SSSR count). The lowest BCUT2D eigenvalue weighted by molar-refractivity contribution is -0.750. The van der Waals surface area contributed by atoms with E-state index >= 15 is 0 Å². The number of hydrogen-bond acceptors (Lipinski definition) is 5. The topological polar surface area (TPSA) is 103 Å². The minimum atomic E-state index is -0.556. The Hall–Kier alpha value is -3.18. The number of fused-ring (bicyclic) bond motifs is 1. The summed E-state index contributed by atoms with van der Waals surface area (Å²) in [7, 11) is 0. The molecule has 7 nitrogen and oxygen atoms in total. The maximum atomic E-state index is 12.3. The highest BCUT2D eigenvalue weighted by atomic mass is 32.1. The van der Waals surface area contributed by atoms with Gasteiger partial charge in [0.15, 0.2) is 0 Å². The van der Waals surface area contributed by atoms with Crippen molar-refractivity contribution in [3.63, 3.8) is 0 Å². The Labute approximate surface area is 158 Å². The van der Waals surface area contributed by atoms with Gasteiger partial charge in [-0.3, -0.25) is 9.32 Å². The van der Waals surface area contributed by atoms with Gasteiger partial charge < -0.3 is 5.32 Å². The van der Waals surface area contributed by atoms with Crippen LogP contribution in [0.2, 0.25) is 0 Å². The van der Waals surface area contributed by atoms with Gasteiger partial charge in [0.1, 0.15) is 11.1 Å². The molecule has 0 spiro atoms. The summed E-state index contributed by atoms with van der Waals surface area (Å²) in [4.78, 5) is 24.4. The van der Waals surface area contributed by atoms with E-state index in [9.17, 15) is 14.9 Å². The summed E-state index contributed by atoms with van der Waals surface area (Å²) in [6, 6.07) is 12.6. The average Bonchev–Trinajstić information content (AvgIpc) is 3.23. The van der Waals surface area contributed by atoms with E-state index < -0.39 is 5.63 Å². The maximum absolute atomic E-state index is 12.3. The molecule has 136 valence electrons. The van der Waals surface area contributed by atoms with Crippen molar-refractivity contribution in [1.29, 1.82) is 5.26 Å². The molecule has 0 saturated heterocycles. The minimum absolute atomic E-state index is 0.0915. The molecule has 1 atom stereocenters. The standard InChI is InChI=1S/C19H16N4O3S/c20-9-15-14-7-6-13(12-4-2-1-3-5-12)8-16(14)27-19(15)21-17(24)10-23-11-18(25)26-22-23/h1-5,11,13H,6-8,10H2,(H-,21,22,24,25)/p+1. The monoisotopic (exact) mass is 381 g/mol. The molecule has 1 aliphatic rings. The molecule has 8 heteroatoms. The lowest BCUT2D eigenvalue weighted by atomic mass is 9.83. The SMILES string of the molecule is N#Cc1c(NC(=O)C[n+]2cc(=O)o[nH]2)sc2c1CCC(c1ccccc1)C2. The molecular weight excluding hydrogens is 364 g/mol. The largest absolute Gasteiger partial charge is 0.426 e. The van der Waals surface area contributed by atoms with Gasteiger partial charge in [0, 0.05) is 4.88 Å². The summed E-state index contributed by atoms with van der Waals surface area (Å²) in [5.41, 5.74) is 2.36. The molecule has 0 saturated carbocycles. The summed E-state index contributed by atoms with van der Waals surface area (Å²) in [6.07, 6.45) is 3.85. The second-order valence-electron chi connectivity index (χ2n) is 6.49. The van der Waals surface area contributed by atoms with Gasteiger partial charge in [-0.25, -0.2) is 4.79 Å². The van der Waals surface area contributed by atoms with Crippen molar-refractivity contribution in [3.8, 4) is 6.07 Å². The van der Waals surface area contributed by atoms with Crippen LogP contribution in [0.3, 0.4) is 0 Å². The van der Waals surface area contributed by atoms with Crippen LogP contribution >= 0.6 is 11.3 Å². The van der Waals surface area contributed by atoms with Gasteiger partial charge in [-0.15, -0.1) is 11.3 Å². The van der Waals surface area contributed by atoms with Crippen molar-refractivity contribution in [3.05, 3.63) is 68.5 Å². The maximum Gasteiger partial charge on any atom is 0.426 e. The third-order valence-corrected chi connectivity index (χ3v) is 5.91. The van der Waals surface area contributed by atoms with Crippen molar-refractivity contribution in [2.75, 3.05) is 5.32 Å². The summed E-state index contributed by atoms with van der Waals surface area (Å²) < 4.78 is 5.79. The normalized spacial score (nSPS) is 15.7. The van der Waals surface area contributed by atoms with Gasteiger partial charge in [0.2, 0.25) is 0 Å². The van der Waals surface area contributed by atoms with Crippen LogP contribution in [0.1, 0.15) is 33.9 Å². The van der Waals surface area contributed by atoms with Crippen molar-refractivity contribution >= 4 is 22.2 Å². The number of nitrogens with one attached hydrogen (secondary N) is 2. The Morgan fingerprint density at radius 1 is 1.41 bits per heavy atom. The molecule has 0 fully saturated rings. The first-order valence-electron chi connectivity index (χ1n) is 8.61. The van der Waals surface area contributed by atoms with Crippen LogP contribution in [0.15, 0.2) is 45.8 Å². The quantitative estimate of drug-likeness (QED) is 0.676. The van der Waals surface area contributed by atoms with Crippen molar-refractivity contribution < 1.29 is 14.0 Å². The number of aromatic amines is 1. The predicted octanol–water partition coefficient (Wildman–Crippen LogP) is 2.10. The van der Waals surface area contributed by atoms with Crippen molar-refractivity contribution in [2.24, 2.45) is 0 Å². The molecule has 1 aliphatic carbocycles. The Kier molecular flexibility index (Phi) is 4.60. The van der Waals surface area contributed by atoms with Gasteiger partial charge in [0.05, 0.1) is 5.56 Å². The molecule has 3 aromatic rings. The fraction of sp³-hybridized carbons (Fsp3) is 0.263. The van der Waals surface area contributed by atoms with Crippen LogP contribution in [-0.2, 0) is 24.2 Å². The second-order valence-corrected chi connectivity index (χ2v) is 7.59. The molecule has 0 aliphatic heterocycles. The fourth-order valence-electron chi connectivity index (χ4n) is 3.48. The first-order chi connectivity index (χ1) is 13.1. The van der Waals surface area contributed by atoms with Crippen LogP contribution in [0.25, 0.3) is 0 Å². The van der Waals surface area contributed by atoms with Gasteiger partial charge in [-0.05, 0) is 41.6 Å². The fourth-order valence-corrected chi connectivity index (χ4v) is 4.78. The third-order valence-electron chi connectivity index (χ3n) is 4.74. The third kappa shape index (κ3) is 3.55. The zero-order valence-corrected chi connectivity index (χ0v) is 15.2. The van der Waals surface area contributed by atoms with Gasteiger partial charge >= 0.3 is 5.63 Å². The predicted molar refractivity (Wildman–Crippen MR) is 98.4 cm³/mol. The molecule has 2 heterocycles. The van der Waals surface area contributed by atoms with E-state index in [1.54, 1.807) is 0 Å². The number of nitrogens with zero attached hydrogens (tertiary/aromatic N) is 2. The number of rotatable bonds is 4. The zero-order chi connectivity index (χ0) is 18.8. The molecule has 1 unspecified atom stereocenters. The molecule has 2 aromatic heterocycles. The van der Waals surface area contributed by atoms with Crippen LogP contribution in [-0.4, -0.2) is 11.2 Å². The van der Waals surface area contributed by atoms with E-state index in [2.05, 4.69) is 33.3 Å². The molecule has 1 amide bonds. The Morgan fingerprint density at radius 2 is 2.22 bits per heavy atom. The van der Waals surface area contributed by atoms with Crippen molar-refractivity contribution in [2.45, 2.75) is 31.7 Å². The van der Waals surface area contributed by atoms with E-state index in [1.807, 2.05) is 18.2 Å². The summed E-state index contributed by atoms with van der Waals surface area (Å²) in [5.74, 6) is 0.103.